The molecule has 0 aliphatic carbocycles. The maximum atomic E-state index is 13.3. The predicted octanol–water partition coefficient (Wildman–Crippen LogP) is 3.24. The van der Waals surface area contributed by atoms with Gasteiger partial charge in [0.2, 0.25) is 15.0 Å². The van der Waals surface area contributed by atoms with Crippen LogP contribution in [0.5, 0.6) is 0 Å². The molecule has 0 saturated carbocycles. The van der Waals surface area contributed by atoms with E-state index in [4.69, 9.17) is 22.1 Å². The van der Waals surface area contributed by atoms with Crippen LogP contribution in [-0.2, 0) is 33.3 Å². The first kappa shape index (κ1) is 24.3. The first-order valence-corrected chi connectivity index (χ1v) is 12.8. The van der Waals surface area contributed by atoms with Crippen LogP contribution in [0.4, 0.5) is 5.69 Å². The molecule has 2 unspecified atom stereocenters. The van der Waals surface area contributed by atoms with Crippen molar-refractivity contribution < 1.29 is 18.1 Å². The Labute approximate surface area is 201 Å². The highest BCUT2D eigenvalue weighted by atomic mass is 35.5. The average Bonchev–Trinajstić information content (AvgIpc) is 3.46. The molecular weight excluding hydrogens is 482 g/mol. The molecule has 3 aromatic rings. The fourth-order valence-corrected chi connectivity index (χ4v) is 5.49. The minimum atomic E-state index is -3.92. The van der Waals surface area contributed by atoms with Gasteiger partial charge in [-0.1, -0.05) is 35.9 Å². The third kappa shape index (κ3) is 5.61. The summed E-state index contributed by atoms with van der Waals surface area (Å²) >= 11 is 5.96. The highest BCUT2D eigenvalue weighted by Crippen LogP contribution is 2.25. The molecule has 12 heteroatoms. The molecule has 1 aliphatic heterocycles. The van der Waals surface area contributed by atoms with Crippen molar-refractivity contribution in [3.63, 3.8) is 0 Å². The Bertz CT molecular complexity index is 1260. The first-order valence-electron chi connectivity index (χ1n) is 10.7. The summed E-state index contributed by atoms with van der Waals surface area (Å²) in [7, 11) is -3.92. The van der Waals surface area contributed by atoms with Crippen molar-refractivity contribution in [3.8, 4) is 0 Å². The van der Waals surface area contributed by atoms with Crippen LogP contribution in [0, 0.1) is 10.1 Å². The smallest absolute Gasteiger partial charge is 0.269 e. The standard InChI is InChI=1S/C22H24ClN5O5S/c23-17-7-3-15(4-8-17)12-20(24)21-25-26-22(27(21)13-19-2-1-11-33-19)34(31,32)14-16-5-9-18(10-6-16)28(29)30/h3-10,19-20H,1-2,11-14,24H2. The second-order valence-corrected chi connectivity index (χ2v) is 10.5. The Hall–Kier alpha value is -2.86. The number of nitrogens with zero attached hydrogens (tertiary/aromatic N) is 4. The van der Waals surface area contributed by atoms with Gasteiger partial charge < -0.3 is 10.5 Å². The number of ether oxygens (including phenoxy) is 1. The van der Waals surface area contributed by atoms with Gasteiger partial charge in [-0.05, 0) is 42.5 Å². The van der Waals surface area contributed by atoms with Gasteiger partial charge in [-0.3, -0.25) is 14.7 Å². The van der Waals surface area contributed by atoms with Crippen molar-refractivity contribution in [2.75, 3.05) is 6.61 Å². The lowest BCUT2D eigenvalue weighted by Gasteiger charge is -2.18. The Kier molecular flexibility index (Phi) is 7.27. The molecule has 1 aromatic heterocycles. The number of non-ortho nitro benzene ring substituents is 1. The number of aromatic nitrogens is 3. The van der Waals surface area contributed by atoms with Crippen LogP contribution in [0.2, 0.25) is 5.02 Å². The van der Waals surface area contributed by atoms with Gasteiger partial charge in [0.15, 0.2) is 5.82 Å². The Balaban J connectivity index is 1.63. The van der Waals surface area contributed by atoms with E-state index < -0.39 is 20.8 Å². The number of halogens is 1. The van der Waals surface area contributed by atoms with Crippen molar-refractivity contribution in [2.24, 2.45) is 5.73 Å². The number of nitro groups is 1. The molecule has 1 saturated heterocycles. The van der Waals surface area contributed by atoms with Crippen LogP contribution in [0.1, 0.15) is 35.8 Å². The van der Waals surface area contributed by atoms with Crippen LogP contribution in [-0.4, -0.2) is 40.8 Å². The molecule has 0 radical (unpaired) electrons. The zero-order valence-electron chi connectivity index (χ0n) is 18.2. The summed E-state index contributed by atoms with van der Waals surface area (Å²) in [6.45, 7) is 0.884. The summed E-state index contributed by atoms with van der Waals surface area (Å²) in [6, 6.07) is 12.0. The predicted molar refractivity (Wildman–Crippen MR) is 125 cm³/mol. The van der Waals surface area contributed by atoms with Crippen molar-refractivity contribution in [1.29, 1.82) is 0 Å². The van der Waals surface area contributed by atoms with Crippen LogP contribution in [0.15, 0.2) is 53.7 Å². The SMILES string of the molecule is NC(Cc1ccc(Cl)cc1)c1nnc(S(=O)(=O)Cc2ccc([N+](=O)[O-])cc2)n1CC1CCCO1. The molecule has 0 spiro atoms. The zero-order chi connectivity index (χ0) is 24.3. The lowest BCUT2D eigenvalue weighted by Crippen LogP contribution is -2.25. The van der Waals surface area contributed by atoms with Gasteiger partial charge in [0.1, 0.15) is 0 Å². The number of nitro benzene ring substituents is 1. The minimum absolute atomic E-state index is 0.113. The summed E-state index contributed by atoms with van der Waals surface area (Å²) < 4.78 is 33.8. The molecule has 2 atom stereocenters. The van der Waals surface area contributed by atoms with E-state index in [0.717, 1.165) is 18.4 Å². The number of sulfone groups is 1. The molecule has 4 rings (SSSR count). The Morgan fingerprint density at radius 1 is 1.15 bits per heavy atom. The number of benzene rings is 2. The van der Waals surface area contributed by atoms with Crippen LogP contribution >= 0.6 is 11.6 Å². The van der Waals surface area contributed by atoms with Crippen molar-refractivity contribution >= 4 is 27.1 Å². The largest absolute Gasteiger partial charge is 0.376 e. The molecule has 2 aromatic carbocycles. The maximum Gasteiger partial charge on any atom is 0.269 e. The van der Waals surface area contributed by atoms with Gasteiger partial charge in [0.05, 0.1) is 29.4 Å². The average molecular weight is 506 g/mol. The normalized spacial score (nSPS) is 17.1. The van der Waals surface area contributed by atoms with Gasteiger partial charge in [-0.25, -0.2) is 8.42 Å². The molecule has 34 heavy (non-hydrogen) atoms. The summed E-state index contributed by atoms with van der Waals surface area (Å²) in [5.41, 5.74) is 7.66. The van der Waals surface area contributed by atoms with Gasteiger partial charge in [-0.2, -0.15) is 0 Å². The van der Waals surface area contributed by atoms with Crippen molar-refractivity contribution in [1.82, 2.24) is 14.8 Å². The van der Waals surface area contributed by atoms with E-state index in [0.29, 0.717) is 29.4 Å². The summed E-state index contributed by atoms with van der Waals surface area (Å²) in [5.74, 6) is -0.0196. The lowest BCUT2D eigenvalue weighted by atomic mass is 10.1. The van der Waals surface area contributed by atoms with Gasteiger partial charge in [0.25, 0.3) is 5.69 Å². The molecule has 0 bridgehead atoms. The fourth-order valence-electron chi connectivity index (χ4n) is 3.93. The monoisotopic (exact) mass is 505 g/mol. The molecule has 2 heterocycles. The minimum Gasteiger partial charge on any atom is -0.376 e. The summed E-state index contributed by atoms with van der Waals surface area (Å²) in [4.78, 5) is 10.3. The van der Waals surface area contributed by atoms with Gasteiger partial charge in [0, 0.05) is 23.8 Å². The molecule has 2 N–H and O–H groups in total. The van der Waals surface area contributed by atoms with Crippen LogP contribution < -0.4 is 5.73 Å². The zero-order valence-corrected chi connectivity index (χ0v) is 19.8. The quantitative estimate of drug-likeness (QED) is 0.345. The number of hydrogen-bond acceptors (Lipinski definition) is 8. The topological polar surface area (TPSA) is 143 Å². The summed E-state index contributed by atoms with van der Waals surface area (Å²) in [6.07, 6.45) is 1.95. The third-order valence-electron chi connectivity index (χ3n) is 5.64. The molecule has 1 aliphatic rings. The molecule has 180 valence electrons. The second-order valence-electron chi connectivity index (χ2n) is 8.21. The second kappa shape index (κ2) is 10.2. The van der Waals surface area contributed by atoms with E-state index in [1.165, 1.54) is 28.8 Å². The Morgan fingerprint density at radius 2 is 1.82 bits per heavy atom. The van der Waals surface area contributed by atoms with Crippen molar-refractivity contribution in [3.05, 3.63) is 80.6 Å². The number of rotatable bonds is 9. The maximum absolute atomic E-state index is 13.3. The van der Waals surface area contributed by atoms with Gasteiger partial charge >= 0.3 is 0 Å². The van der Waals surface area contributed by atoms with Crippen LogP contribution in [0.25, 0.3) is 0 Å². The van der Waals surface area contributed by atoms with E-state index >= 15 is 0 Å². The lowest BCUT2D eigenvalue weighted by molar-refractivity contribution is -0.384. The number of nitrogens with two attached hydrogens (primary N) is 1. The molecule has 10 nitrogen and oxygen atoms in total. The third-order valence-corrected chi connectivity index (χ3v) is 7.46. The van der Waals surface area contributed by atoms with E-state index in [-0.39, 0.29) is 29.2 Å². The first-order chi connectivity index (χ1) is 16.2. The summed E-state index contributed by atoms with van der Waals surface area (Å²) in [5, 5.41) is 19.5. The van der Waals surface area contributed by atoms with E-state index in [9.17, 15) is 18.5 Å². The Morgan fingerprint density at radius 3 is 2.44 bits per heavy atom. The molecule has 1 fully saturated rings. The highest BCUT2D eigenvalue weighted by molar-refractivity contribution is 7.90. The number of hydrogen-bond donors (Lipinski definition) is 1. The van der Waals surface area contributed by atoms with E-state index in [1.54, 1.807) is 12.1 Å². The fraction of sp³-hybridized carbons (Fsp3) is 0.364. The molecule has 0 amide bonds. The molecular formula is C22H24ClN5O5S. The van der Waals surface area contributed by atoms with Crippen LogP contribution in [0.3, 0.4) is 0 Å². The van der Waals surface area contributed by atoms with E-state index in [2.05, 4.69) is 10.2 Å². The van der Waals surface area contributed by atoms with E-state index in [1.807, 2.05) is 12.1 Å². The van der Waals surface area contributed by atoms with Crippen molar-refractivity contribution in [2.45, 2.75) is 48.9 Å². The highest BCUT2D eigenvalue weighted by Gasteiger charge is 2.30. The van der Waals surface area contributed by atoms with Gasteiger partial charge in [-0.15, -0.1) is 10.2 Å².